The van der Waals surface area contributed by atoms with Crippen LogP contribution in [0.1, 0.15) is 27.7 Å². The topological polar surface area (TPSA) is 133 Å². The van der Waals surface area contributed by atoms with Crippen LogP contribution in [-0.4, -0.2) is 58.5 Å². The molecule has 2 aromatic rings. The van der Waals surface area contributed by atoms with E-state index in [2.05, 4.69) is 15.1 Å². The van der Waals surface area contributed by atoms with Gasteiger partial charge in [-0.05, 0) is 27.7 Å². The van der Waals surface area contributed by atoms with Gasteiger partial charge in [-0.15, -0.1) is 0 Å². The number of nitrogens with zero attached hydrogens (tertiary/aromatic N) is 3. The molecule has 23 heavy (non-hydrogen) atoms. The summed E-state index contributed by atoms with van der Waals surface area (Å²) < 4.78 is 7.16. The first kappa shape index (κ1) is 16.1. The Hall–Kier alpha value is -1.81. The van der Waals surface area contributed by atoms with Crippen molar-refractivity contribution in [2.45, 2.75) is 50.2 Å². The highest BCUT2D eigenvalue weighted by Crippen LogP contribution is 2.54. The van der Waals surface area contributed by atoms with E-state index in [0.717, 1.165) is 0 Å². The van der Waals surface area contributed by atoms with E-state index in [0.29, 0.717) is 0 Å². The van der Waals surface area contributed by atoms with Crippen LogP contribution in [0.5, 0.6) is 0 Å². The van der Waals surface area contributed by atoms with Gasteiger partial charge in [-0.1, -0.05) is 0 Å². The van der Waals surface area contributed by atoms with Crippen molar-refractivity contribution in [3.63, 3.8) is 0 Å². The minimum Gasteiger partial charge on any atom is -0.393 e. The van der Waals surface area contributed by atoms with Crippen LogP contribution in [0.2, 0.25) is 0 Å². The zero-order valence-electron chi connectivity index (χ0n) is 13.4. The van der Waals surface area contributed by atoms with Crippen molar-refractivity contribution in [2.24, 2.45) is 0 Å². The number of aliphatic hydroxyl groups is 3. The first-order chi connectivity index (χ1) is 10.5. The van der Waals surface area contributed by atoms with Crippen molar-refractivity contribution >= 4 is 11.0 Å². The van der Waals surface area contributed by atoms with Crippen LogP contribution in [0, 0.1) is 0 Å². The van der Waals surface area contributed by atoms with Gasteiger partial charge >= 0.3 is 0 Å². The van der Waals surface area contributed by atoms with E-state index in [9.17, 15) is 20.1 Å². The summed E-state index contributed by atoms with van der Waals surface area (Å²) in [5, 5.41) is 35.9. The van der Waals surface area contributed by atoms with Gasteiger partial charge in [-0.2, -0.15) is 5.10 Å². The zero-order chi connectivity index (χ0) is 17.3. The van der Waals surface area contributed by atoms with Crippen molar-refractivity contribution in [1.29, 1.82) is 0 Å². The number of aliphatic hydroxyl groups excluding tert-OH is 1. The van der Waals surface area contributed by atoms with Gasteiger partial charge in [0.25, 0.3) is 5.56 Å². The fourth-order valence-electron chi connectivity index (χ4n) is 3.21. The number of aromatic amines is 1. The average Bonchev–Trinajstić information content (AvgIpc) is 2.95. The molecule has 0 aromatic carbocycles. The summed E-state index contributed by atoms with van der Waals surface area (Å²) in [6, 6.07) is 0. The third-order valence-corrected chi connectivity index (χ3v) is 5.38. The molecule has 0 spiro atoms. The number of aromatic nitrogens is 4. The molecule has 4 atom stereocenters. The minimum atomic E-state index is -1.83. The largest absolute Gasteiger partial charge is 0.393 e. The fraction of sp³-hybridized carbons (Fsp3) is 0.643. The maximum absolute atomic E-state index is 11.8. The van der Waals surface area contributed by atoms with Crippen LogP contribution in [0.25, 0.3) is 11.0 Å². The number of rotatable bonds is 2. The number of ether oxygens (including phenoxy) is 1. The van der Waals surface area contributed by atoms with Crippen LogP contribution in [0.3, 0.4) is 0 Å². The molecule has 0 bridgehead atoms. The predicted octanol–water partition coefficient (Wildman–Crippen LogP) is -0.925. The summed E-state index contributed by atoms with van der Waals surface area (Å²) in [6.45, 7) is 5.30. The van der Waals surface area contributed by atoms with Crippen molar-refractivity contribution < 1.29 is 20.1 Å². The van der Waals surface area contributed by atoms with Crippen LogP contribution in [0.4, 0.5) is 0 Å². The second-order valence-corrected chi connectivity index (χ2v) is 6.64. The molecule has 1 aliphatic heterocycles. The molecule has 9 nitrogen and oxygen atoms in total. The molecule has 0 saturated carbocycles. The summed E-state index contributed by atoms with van der Waals surface area (Å²) in [7, 11) is 0. The highest BCUT2D eigenvalue weighted by atomic mass is 16.6. The van der Waals surface area contributed by atoms with Gasteiger partial charge in [-0.25, -0.2) is 9.67 Å². The van der Waals surface area contributed by atoms with Crippen LogP contribution in [0.15, 0.2) is 17.3 Å². The van der Waals surface area contributed by atoms with Crippen molar-refractivity contribution in [2.75, 3.05) is 6.61 Å². The molecule has 9 heteroatoms. The highest BCUT2D eigenvalue weighted by molar-refractivity contribution is 5.73. The van der Waals surface area contributed by atoms with Crippen molar-refractivity contribution in [3.05, 3.63) is 22.9 Å². The number of nitrogens with one attached hydrogen (secondary N) is 1. The molecule has 126 valence electrons. The molecule has 2 aromatic heterocycles. The monoisotopic (exact) mass is 324 g/mol. The quantitative estimate of drug-likeness (QED) is 0.561. The maximum atomic E-state index is 11.8. The molecular weight excluding hydrogens is 304 g/mol. The number of hydrogen-bond donors (Lipinski definition) is 4. The molecule has 1 aliphatic rings. The lowest BCUT2D eigenvalue weighted by Gasteiger charge is -2.41. The van der Waals surface area contributed by atoms with Crippen molar-refractivity contribution in [1.82, 2.24) is 19.7 Å². The fourth-order valence-corrected chi connectivity index (χ4v) is 3.21. The van der Waals surface area contributed by atoms with Crippen LogP contribution in [-0.2, 0) is 10.5 Å². The lowest BCUT2D eigenvalue weighted by atomic mass is 9.73. The molecule has 4 N–H and O–H groups in total. The van der Waals surface area contributed by atoms with E-state index in [1.54, 1.807) is 0 Å². The van der Waals surface area contributed by atoms with Gasteiger partial charge < -0.3 is 25.0 Å². The summed E-state index contributed by atoms with van der Waals surface area (Å²) in [4.78, 5) is 18.4. The van der Waals surface area contributed by atoms with E-state index in [1.165, 1.54) is 44.9 Å². The molecule has 1 saturated heterocycles. The van der Waals surface area contributed by atoms with Gasteiger partial charge in [0, 0.05) is 0 Å². The summed E-state index contributed by atoms with van der Waals surface area (Å²) in [6.07, 6.45) is 2.54. The number of hydrogen-bond acceptors (Lipinski definition) is 7. The van der Waals surface area contributed by atoms with Gasteiger partial charge in [-0.3, -0.25) is 4.79 Å². The van der Waals surface area contributed by atoms with Crippen LogP contribution < -0.4 is 5.56 Å². The lowest BCUT2D eigenvalue weighted by Crippen LogP contribution is -2.63. The van der Waals surface area contributed by atoms with E-state index in [-0.39, 0.29) is 16.6 Å². The van der Waals surface area contributed by atoms with E-state index < -0.39 is 29.1 Å². The normalized spacial score (nSPS) is 40.8. The third kappa shape index (κ3) is 1.67. The maximum Gasteiger partial charge on any atom is 0.261 e. The third-order valence-electron chi connectivity index (χ3n) is 5.38. The molecule has 0 radical (unpaired) electrons. The first-order valence-electron chi connectivity index (χ1n) is 7.19. The molecule has 0 unspecified atom stereocenters. The summed E-state index contributed by atoms with van der Waals surface area (Å²) in [5.41, 5.74) is -6.79. The highest BCUT2D eigenvalue weighted by Gasteiger charge is 2.73. The first-order valence-corrected chi connectivity index (χ1v) is 7.19. The average molecular weight is 324 g/mol. The Morgan fingerprint density at radius 3 is 2.48 bits per heavy atom. The summed E-state index contributed by atoms with van der Waals surface area (Å²) >= 11 is 0. The van der Waals surface area contributed by atoms with E-state index in [1.807, 2.05) is 0 Å². The van der Waals surface area contributed by atoms with Gasteiger partial charge in [0.2, 0.25) is 0 Å². The Morgan fingerprint density at radius 2 is 1.91 bits per heavy atom. The smallest absolute Gasteiger partial charge is 0.261 e. The van der Waals surface area contributed by atoms with Crippen molar-refractivity contribution in [3.8, 4) is 0 Å². The number of fused-ring (bicyclic) bond motifs is 1. The Balaban J connectivity index is 2.29. The molecule has 3 heterocycles. The van der Waals surface area contributed by atoms with E-state index in [4.69, 9.17) is 4.74 Å². The molecule has 0 aliphatic carbocycles. The predicted molar refractivity (Wildman–Crippen MR) is 79.6 cm³/mol. The Labute approximate surface area is 131 Å². The van der Waals surface area contributed by atoms with Crippen LogP contribution >= 0.6 is 0 Å². The van der Waals surface area contributed by atoms with E-state index >= 15 is 0 Å². The lowest BCUT2D eigenvalue weighted by molar-refractivity contribution is -0.198. The minimum absolute atomic E-state index is 0.203. The number of H-pyrrole nitrogens is 1. The molecule has 3 rings (SSSR count). The SMILES string of the molecule is C[C@]1(O)[C@@](C)(O)[C@](C)(n2ncc3c(=O)[nH]cnc32)O[C@@]1(C)CO. The molecule has 1 fully saturated rings. The summed E-state index contributed by atoms with van der Waals surface area (Å²) in [5.74, 6) is 0. The van der Waals surface area contributed by atoms with Gasteiger partial charge in [0.15, 0.2) is 11.4 Å². The zero-order valence-corrected chi connectivity index (χ0v) is 13.4. The van der Waals surface area contributed by atoms with Gasteiger partial charge in [0.05, 0.1) is 19.1 Å². The Morgan fingerprint density at radius 1 is 1.26 bits per heavy atom. The molecular formula is C14H20N4O5. The molecule has 0 amide bonds. The Kier molecular flexibility index (Phi) is 3.06. The standard InChI is InChI=1S/C14H20N4O5/c1-11(6-19)12(2,21)13(3,22)14(4,23-11)18-9-8(5-17-18)10(20)16-7-15-9/h5,7,19,21-22H,6H2,1-4H3,(H,15,16,20)/t11-,12+,13+,14+/m0/s1. The van der Waals surface area contributed by atoms with Gasteiger partial charge in [0.1, 0.15) is 22.2 Å². The Bertz CT molecular complexity index is 826. The second-order valence-electron chi connectivity index (χ2n) is 6.64. The second kappa shape index (κ2) is 4.38.